The highest BCUT2D eigenvalue weighted by atomic mass is 32.2. The Kier molecular flexibility index (Phi) is 14.8. The average molecular weight is 918 g/mol. The molecule has 0 aliphatic heterocycles. The van der Waals surface area contributed by atoms with Gasteiger partial charge in [-0.15, -0.1) is 11.3 Å². The maximum Gasteiger partial charge on any atom is 0.264 e. The zero-order valence-corrected chi connectivity index (χ0v) is 40.6. The molecule has 0 fully saturated rings. The van der Waals surface area contributed by atoms with Gasteiger partial charge in [-0.05, 0) is 113 Å². The lowest BCUT2D eigenvalue weighted by molar-refractivity contribution is -0.435. The standard InChI is InChI=1S/C55H56N4O5S2/c1-9-57(52-37(3)18-15-19-38(52)4)43-30-26-41(27-31-43)50(42-28-32-44(33-29-42)58(10-2)53-39(5)20-16-21-40(53)6)54-51(45-22-11-13-24-48(45)63-7)46(36-56)55(65-54)59(34-17-35-66(60,61)62)47-23-12-14-25-49(47)64-8/h11-16,18-33H,9-10,17,34-35H2,1-8H3/p+1. The van der Waals surface area contributed by atoms with Crippen molar-refractivity contribution < 1.29 is 27.0 Å². The van der Waals surface area contributed by atoms with Gasteiger partial charge >= 0.3 is 0 Å². The Morgan fingerprint density at radius 2 is 1.33 bits per heavy atom. The van der Waals surface area contributed by atoms with Gasteiger partial charge in [0, 0.05) is 69.3 Å². The molecule has 11 heteroatoms. The van der Waals surface area contributed by atoms with Crippen LogP contribution < -0.4 is 19.3 Å². The van der Waals surface area contributed by atoms with E-state index in [0.717, 1.165) is 51.6 Å². The summed E-state index contributed by atoms with van der Waals surface area (Å²) in [4.78, 5) is 5.10. The van der Waals surface area contributed by atoms with Crippen LogP contribution in [0.1, 0.15) is 58.5 Å². The molecule has 9 nitrogen and oxygen atoms in total. The highest BCUT2D eigenvalue weighted by Crippen LogP contribution is 2.52. The number of aryl methyl sites for hydroxylation is 4. The monoisotopic (exact) mass is 917 g/mol. The van der Waals surface area contributed by atoms with Crippen LogP contribution in [0.25, 0.3) is 16.7 Å². The molecule has 0 spiro atoms. The van der Waals surface area contributed by atoms with Crippen LogP contribution in [0.3, 0.4) is 0 Å². The van der Waals surface area contributed by atoms with E-state index in [9.17, 15) is 18.2 Å². The minimum atomic E-state index is -4.27. The quantitative estimate of drug-likeness (QED) is 0.0756. The van der Waals surface area contributed by atoms with Crippen molar-refractivity contribution in [1.29, 1.82) is 5.26 Å². The minimum absolute atomic E-state index is 0.0844. The van der Waals surface area contributed by atoms with Gasteiger partial charge in [0.15, 0.2) is 0 Å². The van der Waals surface area contributed by atoms with Crippen LogP contribution in [0.5, 0.6) is 11.5 Å². The van der Waals surface area contributed by atoms with Crippen molar-refractivity contribution in [1.82, 2.24) is 0 Å². The molecule has 0 radical (unpaired) electrons. The van der Waals surface area contributed by atoms with Crippen LogP contribution in [-0.4, -0.2) is 62.9 Å². The molecule has 6 aromatic rings. The number of rotatable bonds is 16. The molecule has 0 unspecified atom stereocenters. The van der Waals surface area contributed by atoms with Crippen LogP contribution in [0, 0.1) is 39.0 Å². The highest BCUT2D eigenvalue weighted by molar-refractivity contribution is 7.85. The lowest BCUT2D eigenvalue weighted by atomic mass is 9.90. The third-order valence-corrected chi connectivity index (χ3v) is 14.0. The predicted molar refractivity (Wildman–Crippen MR) is 273 cm³/mol. The van der Waals surface area contributed by atoms with E-state index in [1.54, 1.807) is 14.2 Å². The van der Waals surface area contributed by atoms with E-state index in [0.29, 0.717) is 33.3 Å². The van der Waals surface area contributed by atoms with E-state index in [2.05, 4.69) is 142 Å². The van der Waals surface area contributed by atoms with Crippen molar-refractivity contribution in [2.45, 2.75) is 48.0 Å². The number of allylic oxidation sites excluding steroid dienone is 5. The Morgan fingerprint density at radius 3 is 1.91 bits per heavy atom. The van der Waals surface area contributed by atoms with Gasteiger partial charge < -0.3 is 19.3 Å². The van der Waals surface area contributed by atoms with E-state index < -0.39 is 15.9 Å². The molecule has 0 bridgehead atoms. The first-order valence-corrected chi connectivity index (χ1v) is 24.6. The van der Waals surface area contributed by atoms with E-state index in [-0.39, 0.29) is 13.0 Å². The second-order valence-electron chi connectivity index (χ2n) is 16.2. The lowest BCUT2D eigenvalue weighted by Gasteiger charge is -2.27. The number of nitriles is 1. The fourth-order valence-corrected chi connectivity index (χ4v) is 10.9. The Balaban J connectivity index is 1.53. The topological polar surface area (TPSA) is 106 Å². The summed E-state index contributed by atoms with van der Waals surface area (Å²) in [6.07, 6.45) is 8.73. The summed E-state index contributed by atoms with van der Waals surface area (Å²) in [5.41, 5.74) is 14.5. The third-order valence-electron chi connectivity index (χ3n) is 12.0. The normalized spacial score (nSPS) is 12.2. The van der Waals surface area contributed by atoms with Crippen molar-refractivity contribution in [2.24, 2.45) is 0 Å². The molecule has 66 heavy (non-hydrogen) atoms. The lowest BCUT2D eigenvalue weighted by Crippen LogP contribution is -2.21. The highest BCUT2D eigenvalue weighted by Gasteiger charge is 2.31. The van der Waals surface area contributed by atoms with E-state index in [1.165, 1.54) is 45.0 Å². The molecular weight excluding hydrogens is 861 g/mol. The summed E-state index contributed by atoms with van der Waals surface area (Å²) in [5.74, 6) is 0.687. The molecule has 0 amide bonds. The first-order valence-electron chi connectivity index (χ1n) is 22.2. The number of ether oxygens (including phenoxy) is 2. The number of benzene rings is 5. The molecule has 0 saturated heterocycles. The smallest absolute Gasteiger partial charge is 0.264 e. The van der Waals surface area contributed by atoms with Gasteiger partial charge in [0.05, 0.1) is 31.2 Å². The zero-order valence-electron chi connectivity index (χ0n) is 38.9. The number of hydrogen-bond donors (Lipinski definition) is 1. The van der Waals surface area contributed by atoms with Crippen molar-refractivity contribution in [3.05, 3.63) is 177 Å². The summed E-state index contributed by atoms with van der Waals surface area (Å²) >= 11 is 1.46. The number of thiophene rings is 1. The Morgan fingerprint density at radius 1 is 0.742 bits per heavy atom. The first kappa shape index (κ1) is 47.3. The van der Waals surface area contributed by atoms with Gasteiger partial charge in [0.1, 0.15) is 29.1 Å². The molecule has 1 aromatic heterocycles. The molecule has 1 aliphatic carbocycles. The molecule has 7 rings (SSSR count). The molecule has 338 valence electrons. The summed E-state index contributed by atoms with van der Waals surface area (Å²) in [6.45, 7) is 14.6. The van der Waals surface area contributed by atoms with E-state index >= 15 is 0 Å². The van der Waals surface area contributed by atoms with Gasteiger partial charge in [-0.3, -0.25) is 4.55 Å². The second-order valence-corrected chi connectivity index (χ2v) is 18.8. The van der Waals surface area contributed by atoms with Crippen LogP contribution >= 0.6 is 11.3 Å². The average Bonchev–Trinajstić information content (AvgIpc) is 3.69. The number of methoxy groups -OCH3 is 2. The van der Waals surface area contributed by atoms with Gasteiger partial charge in [-0.1, -0.05) is 78.9 Å². The largest absolute Gasteiger partial charge is 0.496 e. The summed E-state index contributed by atoms with van der Waals surface area (Å²) in [6, 6.07) is 39.2. The number of hydrogen-bond acceptors (Lipinski definition) is 8. The third kappa shape index (κ3) is 9.77. The van der Waals surface area contributed by atoms with Gasteiger partial charge in [-0.25, -0.2) is 0 Å². The zero-order chi connectivity index (χ0) is 47.1. The van der Waals surface area contributed by atoms with Crippen molar-refractivity contribution in [2.75, 3.05) is 49.4 Å². The Hall–Kier alpha value is -6.71. The summed E-state index contributed by atoms with van der Waals surface area (Å²) in [5, 5.41) is 12.0. The van der Waals surface area contributed by atoms with Gasteiger partial charge in [-0.2, -0.15) is 18.3 Å². The number of anilines is 4. The maximum atomic E-state index is 12.1. The number of para-hydroxylation sites is 5. The van der Waals surface area contributed by atoms with Crippen LogP contribution in [0.2, 0.25) is 0 Å². The fraction of sp³-hybridized carbons (Fsp3) is 0.236. The summed E-state index contributed by atoms with van der Waals surface area (Å²) < 4.78 is 48.2. The van der Waals surface area contributed by atoms with Gasteiger partial charge in [0.2, 0.25) is 11.4 Å². The first-order chi connectivity index (χ1) is 31.8. The maximum absolute atomic E-state index is 12.1. The number of nitrogens with zero attached hydrogens (tertiary/aromatic N) is 4. The fourth-order valence-electron chi connectivity index (χ4n) is 9.03. The Labute approximate surface area is 394 Å². The molecular formula is C55H57N4O5S2+. The predicted octanol–water partition coefficient (Wildman–Crippen LogP) is 12.8. The van der Waals surface area contributed by atoms with Crippen molar-refractivity contribution >= 4 is 60.5 Å². The van der Waals surface area contributed by atoms with Gasteiger partial charge in [0.25, 0.3) is 10.1 Å². The van der Waals surface area contributed by atoms with E-state index in [1.807, 2.05) is 53.4 Å². The molecule has 5 aromatic carbocycles. The summed E-state index contributed by atoms with van der Waals surface area (Å²) in [7, 11) is -1.06. The SMILES string of the molecule is CCN(c1ccc(C(=C2C=CC(=[N+](CC)c3c(C)cccc3C)C=C2)c2sc(N(CCCS(=O)(=O)O)c3ccccc3OC)c(C#N)c2-c2ccccc2OC)cc1)c1c(C)cccc1C. The second kappa shape index (κ2) is 20.6. The Bertz CT molecular complexity index is 2990. The molecule has 1 heterocycles. The minimum Gasteiger partial charge on any atom is -0.496 e. The van der Waals surface area contributed by atoms with Crippen molar-refractivity contribution in [3.8, 4) is 28.7 Å². The van der Waals surface area contributed by atoms with Crippen molar-refractivity contribution in [3.63, 3.8) is 0 Å². The molecule has 1 N–H and O–H groups in total. The molecule has 0 atom stereocenters. The van der Waals surface area contributed by atoms with Crippen LogP contribution in [-0.2, 0) is 10.1 Å². The molecule has 0 saturated carbocycles. The molecule has 1 aliphatic rings. The van der Waals surface area contributed by atoms with Crippen LogP contribution in [0.4, 0.5) is 27.8 Å². The van der Waals surface area contributed by atoms with E-state index in [4.69, 9.17) is 9.47 Å². The van der Waals surface area contributed by atoms with Crippen LogP contribution in [0.15, 0.2) is 139 Å².